The predicted octanol–water partition coefficient (Wildman–Crippen LogP) is 1.59. The summed E-state index contributed by atoms with van der Waals surface area (Å²) in [7, 11) is 1.64. The van der Waals surface area contributed by atoms with E-state index in [9.17, 15) is 20.0 Å². The van der Waals surface area contributed by atoms with E-state index in [4.69, 9.17) is 0 Å². The first kappa shape index (κ1) is 13.5. The molecule has 0 saturated carbocycles. The Hall–Kier alpha value is -2.90. The van der Waals surface area contributed by atoms with Gasteiger partial charge in [0.05, 0.1) is 10.6 Å². The largest absolute Gasteiger partial charge is 0.508 e. The van der Waals surface area contributed by atoms with Crippen LogP contribution >= 0.6 is 0 Å². The lowest BCUT2D eigenvalue weighted by Gasteiger charge is -2.06. The summed E-state index contributed by atoms with van der Waals surface area (Å²) in [5, 5.41) is 26.8. The molecule has 0 fully saturated rings. The highest BCUT2D eigenvalue weighted by Gasteiger charge is 2.21. The molecular formula is C12H12N4O4. The molecule has 0 saturated heterocycles. The Bertz CT molecular complexity index is 693. The summed E-state index contributed by atoms with van der Waals surface area (Å²) in [5.41, 5.74) is 0.112. The molecule has 0 bridgehead atoms. The van der Waals surface area contributed by atoms with Gasteiger partial charge in [-0.05, 0) is 19.1 Å². The number of carbonyl (C=O) groups is 1. The lowest BCUT2D eigenvalue weighted by Crippen LogP contribution is -2.16. The van der Waals surface area contributed by atoms with Gasteiger partial charge in [0.2, 0.25) is 0 Å². The summed E-state index contributed by atoms with van der Waals surface area (Å²) >= 11 is 0. The molecule has 2 N–H and O–H groups in total. The smallest absolute Gasteiger partial charge is 0.282 e. The standard InChI is InChI=1S/C12H12N4O4/c1-7-5-11(15(2)14-7)13-12(18)9-6-8(17)3-4-10(9)16(19)20/h3-6,17H,1-2H3,(H,13,18). The quantitative estimate of drug-likeness (QED) is 0.653. The fourth-order valence-electron chi connectivity index (χ4n) is 1.78. The Morgan fingerprint density at radius 3 is 2.70 bits per heavy atom. The second-order valence-corrected chi connectivity index (χ2v) is 4.21. The first-order valence-corrected chi connectivity index (χ1v) is 5.68. The van der Waals surface area contributed by atoms with Crippen LogP contribution in [0.15, 0.2) is 24.3 Å². The number of carbonyl (C=O) groups excluding carboxylic acids is 1. The second kappa shape index (κ2) is 5.00. The zero-order chi connectivity index (χ0) is 14.9. The molecular weight excluding hydrogens is 264 g/mol. The van der Waals surface area contributed by atoms with Crippen molar-refractivity contribution >= 4 is 17.4 Å². The third-order valence-electron chi connectivity index (χ3n) is 2.67. The van der Waals surface area contributed by atoms with Crippen LogP contribution in [0.1, 0.15) is 16.1 Å². The van der Waals surface area contributed by atoms with E-state index in [1.54, 1.807) is 20.0 Å². The number of hydrogen-bond acceptors (Lipinski definition) is 5. The highest BCUT2D eigenvalue weighted by molar-refractivity contribution is 6.07. The summed E-state index contributed by atoms with van der Waals surface area (Å²) < 4.78 is 1.45. The Morgan fingerprint density at radius 2 is 2.15 bits per heavy atom. The van der Waals surface area contributed by atoms with Crippen LogP contribution < -0.4 is 5.32 Å². The molecule has 2 aromatic rings. The number of nitrogens with zero attached hydrogens (tertiary/aromatic N) is 3. The molecule has 104 valence electrons. The van der Waals surface area contributed by atoms with E-state index in [2.05, 4.69) is 10.4 Å². The number of aromatic hydroxyl groups is 1. The van der Waals surface area contributed by atoms with Gasteiger partial charge in [0.25, 0.3) is 11.6 Å². The van der Waals surface area contributed by atoms with Crippen LogP contribution in [0.4, 0.5) is 11.5 Å². The molecule has 1 amide bonds. The van der Waals surface area contributed by atoms with Crippen LogP contribution in [0.2, 0.25) is 0 Å². The lowest BCUT2D eigenvalue weighted by atomic mass is 10.1. The van der Waals surface area contributed by atoms with Gasteiger partial charge in [-0.2, -0.15) is 5.10 Å². The molecule has 0 atom stereocenters. The van der Waals surface area contributed by atoms with E-state index in [0.29, 0.717) is 11.5 Å². The molecule has 0 aliphatic rings. The molecule has 0 aliphatic heterocycles. The van der Waals surface area contributed by atoms with Crippen LogP contribution in [0, 0.1) is 17.0 Å². The SMILES string of the molecule is Cc1cc(NC(=O)c2cc(O)ccc2[N+](=O)[O-])n(C)n1. The topological polar surface area (TPSA) is 110 Å². The van der Waals surface area contributed by atoms with Gasteiger partial charge >= 0.3 is 0 Å². The molecule has 2 rings (SSSR count). The lowest BCUT2D eigenvalue weighted by molar-refractivity contribution is -0.385. The minimum absolute atomic E-state index is 0.214. The van der Waals surface area contributed by atoms with Crippen molar-refractivity contribution in [3.63, 3.8) is 0 Å². The van der Waals surface area contributed by atoms with Gasteiger partial charge < -0.3 is 10.4 Å². The number of amides is 1. The monoisotopic (exact) mass is 276 g/mol. The van der Waals surface area contributed by atoms with Gasteiger partial charge in [-0.1, -0.05) is 0 Å². The summed E-state index contributed by atoms with van der Waals surface area (Å²) in [6.45, 7) is 1.76. The first-order valence-electron chi connectivity index (χ1n) is 5.68. The van der Waals surface area contributed by atoms with Crippen molar-refractivity contribution in [1.29, 1.82) is 0 Å². The molecule has 20 heavy (non-hydrogen) atoms. The molecule has 1 aromatic heterocycles. The van der Waals surface area contributed by atoms with Crippen molar-refractivity contribution in [2.45, 2.75) is 6.92 Å². The number of rotatable bonds is 3. The number of aryl methyl sites for hydroxylation is 2. The number of phenolic OH excluding ortho intramolecular Hbond substituents is 1. The summed E-state index contributed by atoms with van der Waals surface area (Å²) in [6.07, 6.45) is 0. The van der Waals surface area contributed by atoms with Gasteiger partial charge in [-0.15, -0.1) is 0 Å². The Balaban J connectivity index is 2.36. The predicted molar refractivity (Wildman–Crippen MR) is 70.7 cm³/mol. The summed E-state index contributed by atoms with van der Waals surface area (Å²) in [6, 6.07) is 4.92. The molecule has 0 radical (unpaired) electrons. The van der Waals surface area contributed by atoms with Gasteiger partial charge in [0.1, 0.15) is 17.1 Å². The van der Waals surface area contributed by atoms with E-state index < -0.39 is 10.8 Å². The maximum Gasteiger partial charge on any atom is 0.282 e. The minimum atomic E-state index is -0.685. The molecule has 0 aliphatic carbocycles. The van der Waals surface area contributed by atoms with Gasteiger partial charge in [-0.25, -0.2) is 0 Å². The fourth-order valence-corrected chi connectivity index (χ4v) is 1.78. The van der Waals surface area contributed by atoms with E-state index >= 15 is 0 Å². The summed E-state index contributed by atoms with van der Waals surface area (Å²) in [4.78, 5) is 22.3. The van der Waals surface area contributed by atoms with Crippen molar-refractivity contribution in [3.05, 3.63) is 45.6 Å². The maximum absolute atomic E-state index is 12.1. The second-order valence-electron chi connectivity index (χ2n) is 4.21. The number of nitro groups is 1. The minimum Gasteiger partial charge on any atom is -0.508 e. The number of nitro benzene ring substituents is 1. The van der Waals surface area contributed by atoms with Crippen molar-refractivity contribution in [3.8, 4) is 5.75 Å². The van der Waals surface area contributed by atoms with E-state index in [1.807, 2.05) is 0 Å². The van der Waals surface area contributed by atoms with Gasteiger partial charge in [-0.3, -0.25) is 19.6 Å². The van der Waals surface area contributed by atoms with Gasteiger partial charge in [0.15, 0.2) is 0 Å². The Morgan fingerprint density at radius 1 is 1.45 bits per heavy atom. The number of hydrogen-bond donors (Lipinski definition) is 2. The zero-order valence-electron chi connectivity index (χ0n) is 10.8. The highest BCUT2D eigenvalue weighted by atomic mass is 16.6. The third kappa shape index (κ3) is 2.58. The van der Waals surface area contributed by atoms with E-state index in [-0.39, 0.29) is 17.0 Å². The number of aromatic nitrogens is 2. The molecule has 1 aromatic carbocycles. The number of phenols is 1. The van der Waals surface area contributed by atoms with Crippen LogP contribution in [-0.4, -0.2) is 25.7 Å². The molecule has 1 heterocycles. The normalized spacial score (nSPS) is 10.3. The van der Waals surface area contributed by atoms with Crippen molar-refractivity contribution in [2.24, 2.45) is 7.05 Å². The fraction of sp³-hybridized carbons (Fsp3) is 0.167. The zero-order valence-corrected chi connectivity index (χ0v) is 10.8. The van der Waals surface area contributed by atoms with Crippen LogP contribution in [0.3, 0.4) is 0 Å². The molecule has 0 spiro atoms. The van der Waals surface area contributed by atoms with E-state index in [0.717, 1.165) is 18.2 Å². The van der Waals surface area contributed by atoms with Crippen molar-refractivity contribution in [2.75, 3.05) is 5.32 Å². The van der Waals surface area contributed by atoms with Crippen LogP contribution in [0.5, 0.6) is 5.75 Å². The highest BCUT2D eigenvalue weighted by Crippen LogP contribution is 2.24. The average Bonchev–Trinajstić information content (AvgIpc) is 2.67. The first-order chi connectivity index (χ1) is 9.38. The average molecular weight is 276 g/mol. The van der Waals surface area contributed by atoms with Gasteiger partial charge in [0, 0.05) is 19.2 Å². The molecule has 0 unspecified atom stereocenters. The number of benzene rings is 1. The molecule has 8 heteroatoms. The summed E-state index contributed by atoms with van der Waals surface area (Å²) in [5.74, 6) is -0.498. The Kier molecular flexibility index (Phi) is 3.38. The van der Waals surface area contributed by atoms with Crippen molar-refractivity contribution < 1.29 is 14.8 Å². The number of nitrogens with one attached hydrogen (secondary N) is 1. The van der Waals surface area contributed by atoms with Crippen LogP contribution in [-0.2, 0) is 7.05 Å². The van der Waals surface area contributed by atoms with E-state index in [1.165, 1.54) is 4.68 Å². The molecule has 8 nitrogen and oxygen atoms in total. The maximum atomic E-state index is 12.1. The van der Waals surface area contributed by atoms with Crippen molar-refractivity contribution in [1.82, 2.24) is 9.78 Å². The number of anilines is 1. The Labute approximate surface area is 113 Å². The third-order valence-corrected chi connectivity index (χ3v) is 2.67. The van der Waals surface area contributed by atoms with Crippen LogP contribution in [0.25, 0.3) is 0 Å².